The Kier molecular flexibility index (Phi) is 14.7. The maximum absolute atomic E-state index is 13.3. The number of hydrogen-bond acceptors (Lipinski definition) is 6. The van der Waals surface area contributed by atoms with Crippen LogP contribution in [0.25, 0.3) is 0 Å². The molecule has 1 atom stereocenters. The Morgan fingerprint density at radius 2 is 1.76 bits per heavy atom. The first kappa shape index (κ1) is 35.8. The van der Waals surface area contributed by atoms with Crippen molar-refractivity contribution in [2.75, 3.05) is 20.8 Å². The Labute approximate surface area is 243 Å². The number of halogens is 3. The molecule has 7 nitrogen and oxygen atoms in total. The highest BCUT2D eigenvalue weighted by Crippen LogP contribution is 2.33. The summed E-state index contributed by atoms with van der Waals surface area (Å²) in [6, 6.07) is 1.54. The molecule has 2 rings (SSSR count). The van der Waals surface area contributed by atoms with E-state index in [1.165, 1.54) is 6.20 Å². The zero-order valence-electron chi connectivity index (χ0n) is 25.7. The predicted octanol–water partition coefficient (Wildman–Crippen LogP) is 7.75. The molecule has 2 heterocycles. The number of allylic oxidation sites excluding steroid dienone is 3. The largest absolute Gasteiger partial charge is 0.478 e. The van der Waals surface area contributed by atoms with E-state index in [4.69, 9.17) is 9.47 Å². The number of amides is 1. The summed E-state index contributed by atoms with van der Waals surface area (Å²) >= 11 is 0. The topological polar surface area (TPSA) is 72.9 Å². The number of methoxy groups -OCH3 is 1. The highest BCUT2D eigenvalue weighted by atomic mass is 19.4. The second-order valence-electron chi connectivity index (χ2n) is 10.3. The van der Waals surface area contributed by atoms with Gasteiger partial charge in [0.15, 0.2) is 12.4 Å². The molecule has 0 saturated heterocycles. The van der Waals surface area contributed by atoms with Gasteiger partial charge in [-0.05, 0) is 64.3 Å². The lowest BCUT2D eigenvalue weighted by Gasteiger charge is -2.32. The Bertz CT molecular complexity index is 1110. The van der Waals surface area contributed by atoms with Gasteiger partial charge in [0.1, 0.15) is 5.76 Å². The Morgan fingerprint density at radius 3 is 2.34 bits per heavy atom. The lowest BCUT2D eigenvalue weighted by molar-refractivity contribution is -0.153. The van der Waals surface area contributed by atoms with E-state index >= 15 is 0 Å². The molecule has 0 aromatic carbocycles. The summed E-state index contributed by atoms with van der Waals surface area (Å²) in [4.78, 5) is 19.0. The van der Waals surface area contributed by atoms with E-state index in [0.29, 0.717) is 28.3 Å². The summed E-state index contributed by atoms with van der Waals surface area (Å²) in [6.45, 7) is 14.1. The molecule has 0 fully saturated rings. The van der Waals surface area contributed by atoms with Gasteiger partial charge >= 0.3 is 6.18 Å². The molecule has 0 saturated carbocycles. The number of unbranched alkanes of at least 4 members (excludes halogenated alkanes) is 2. The molecule has 1 aliphatic rings. The van der Waals surface area contributed by atoms with Crippen LogP contribution < -0.4 is 14.8 Å². The molecular weight excluding hydrogens is 535 g/mol. The normalized spacial score (nSPS) is 15.2. The molecule has 0 radical (unpaired) electrons. The van der Waals surface area contributed by atoms with Crippen LogP contribution in [0.5, 0.6) is 11.6 Å². The number of nitrogens with zero attached hydrogens (tertiary/aromatic N) is 2. The minimum Gasteiger partial charge on any atom is -0.478 e. The number of aryl methyl sites for hydroxylation is 1. The molecule has 1 N–H and O–H groups in total. The molecule has 1 amide bonds. The number of carbonyl (C=O) groups is 1. The third kappa shape index (κ3) is 12.0. The van der Waals surface area contributed by atoms with Crippen molar-refractivity contribution in [3.63, 3.8) is 0 Å². The summed E-state index contributed by atoms with van der Waals surface area (Å²) in [5, 5.41) is 3.24. The van der Waals surface area contributed by atoms with Crippen LogP contribution >= 0.6 is 0 Å². The average Bonchev–Trinajstić information content (AvgIpc) is 2.88. The summed E-state index contributed by atoms with van der Waals surface area (Å²) in [5.74, 6) is -0.0287. The molecule has 1 aromatic heterocycles. The van der Waals surface area contributed by atoms with Crippen molar-refractivity contribution >= 4 is 5.91 Å². The van der Waals surface area contributed by atoms with Crippen LogP contribution in [0.4, 0.5) is 13.2 Å². The van der Waals surface area contributed by atoms with Gasteiger partial charge in [0, 0.05) is 42.9 Å². The molecule has 230 valence electrons. The molecule has 0 bridgehead atoms. The van der Waals surface area contributed by atoms with Crippen molar-refractivity contribution in [3.05, 3.63) is 65.5 Å². The van der Waals surface area contributed by atoms with Crippen LogP contribution in [0.2, 0.25) is 0 Å². The van der Waals surface area contributed by atoms with E-state index in [0.717, 1.165) is 38.5 Å². The second-order valence-corrected chi connectivity index (χ2v) is 10.3. The average molecular weight is 582 g/mol. The van der Waals surface area contributed by atoms with E-state index in [-0.39, 0.29) is 23.1 Å². The van der Waals surface area contributed by atoms with Crippen molar-refractivity contribution in [2.24, 2.45) is 0 Å². The van der Waals surface area contributed by atoms with Crippen molar-refractivity contribution in [1.29, 1.82) is 0 Å². The maximum Gasteiger partial charge on any atom is 0.422 e. The van der Waals surface area contributed by atoms with Gasteiger partial charge in [-0.25, -0.2) is 4.98 Å². The monoisotopic (exact) mass is 581 g/mol. The summed E-state index contributed by atoms with van der Waals surface area (Å²) in [6.07, 6.45) is 7.92. The molecule has 1 aliphatic heterocycles. The summed E-state index contributed by atoms with van der Waals surface area (Å²) < 4.78 is 53.3. The highest BCUT2D eigenvalue weighted by molar-refractivity contribution is 5.94. The van der Waals surface area contributed by atoms with Crippen LogP contribution in [-0.2, 0) is 9.53 Å². The third-order valence-corrected chi connectivity index (χ3v) is 6.46. The van der Waals surface area contributed by atoms with Gasteiger partial charge in [-0.2, -0.15) is 13.2 Å². The first-order chi connectivity index (χ1) is 19.2. The number of nitrogens with one attached hydrogen (secondary N) is 1. The van der Waals surface area contributed by atoms with Gasteiger partial charge in [0.25, 0.3) is 5.88 Å². The standard InChI is InChI=1S/C29H40F3N3O3.C2H6O/c1-8-10-11-16-28(7,15-9-2)34-26(36)22(5)23(6)35-18-24(13-12-21(35)4)38-27-25(20(3)14-17-33-27)37-19-29(30,31)32;1-3-2/h12-14,17-18H,4,8-11,15-16,19H2,1-3,5-7H3,(H,34,36);1-2H3/b23-22+;. The lowest BCUT2D eigenvalue weighted by atomic mass is 9.89. The van der Waals surface area contributed by atoms with Gasteiger partial charge in [-0.3, -0.25) is 4.79 Å². The Balaban J connectivity index is 0.00000268. The minimum absolute atomic E-state index is 0.0869. The van der Waals surface area contributed by atoms with Crippen molar-refractivity contribution < 1.29 is 32.2 Å². The van der Waals surface area contributed by atoms with Crippen LogP contribution in [0, 0.1) is 6.92 Å². The van der Waals surface area contributed by atoms with Crippen LogP contribution in [-0.4, -0.2) is 48.3 Å². The molecule has 10 heteroatoms. The molecule has 1 aromatic rings. The van der Waals surface area contributed by atoms with E-state index in [2.05, 4.69) is 42.4 Å². The number of carbonyl (C=O) groups excluding carboxylic acids is 1. The first-order valence-corrected chi connectivity index (χ1v) is 13.8. The van der Waals surface area contributed by atoms with Gasteiger partial charge in [-0.15, -0.1) is 0 Å². The number of pyridine rings is 1. The fourth-order valence-corrected chi connectivity index (χ4v) is 4.20. The van der Waals surface area contributed by atoms with Crippen LogP contribution in [0.3, 0.4) is 0 Å². The SMILES string of the molecule is C=C1C=CC(Oc2nccc(C)c2OCC(F)(F)F)=CN1/C(C)=C(\C)C(=O)NC(C)(CCC)CCCCC.COC. The Hall–Kier alpha value is -3.27. The van der Waals surface area contributed by atoms with E-state index in [1.807, 2.05) is 6.92 Å². The molecular formula is C31H46F3N3O4. The lowest BCUT2D eigenvalue weighted by Crippen LogP contribution is -2.46. The maximum atomic E-state index is 13.3. The second kappa shape index (κ2) is 16.9. The minimum atomic E-state index is -4.50. The van der Waals surface area contributed by atoms with E-state index < -0.39 is 12.8 Å². The molecule has 0 aliphatic carbocycles. The number of hydrogen-bond donors (Lipinski definition) is 1. The van der Waals surface area contributed by atoms with Gasteiger partial charge in [0.2, 0.25) is 5.91 Å². The van der Waals surface area contributed by atoms with Crippen molar-refractivity contribution in [1.82, 2.24) is 15.2 Å². The van der Waals surface area contributed by atoms with E-state index in [9.17, 15) is 18.0 Å². The zero-order chi connectivity index (χ0) is 31.2. The van der Waals surface area contributed by atoms with E-state index in [1.54, 1.807) is 57.4 Å². The number of aromatic nitrogens is 1. The zero-order valence-corrected chi connectivity index (χ0v) is 25.7. The number of ether oxygens (including phenoxy) is 3. The quantitative estimate of drug-likeness (QED) is 0.190. The van der Waals surface area contributed by atoms with Gasteiger partial charge < -0.3 is 24.4 Å². The van der Waals surface area contributed by atoms with Gasteiger partial charge in [0.05, 0.1) is 6.20 Å². The summed E-state index contributed by atoms with van der Waals surface area (Å²) in [5.41, 5.74) is 1.94. The molecule has 0 spiro atoms. The van der Waals surface area contributed by atoms with Crippen molar-refractivity contribution in [2.45, 2.75) is 91.8 Å². The Morgan fingerprint density at radius 1 is 1.10 bits per heavy atom. The summed E-state index contributed by atoms with van der Waals surface area (Å²) in [7, 11) is 3.25. The van der Waals surface area contributed by atoms with Crippen molar-refractivity contribution in [3.8, 4) is 11.6 Å². The highest BCUT2D eigenvalue weighted by Gasteiger charge is 2.30. The predicted molar refractivity (Wildman–Crippen MR) is 156 cm³/mol. The number of alkyl halides is 3. The number of rotatable bonds is 13. The van der Waals surface area contributed by atoms with Crippen LogP contribution in [0.1, 0.15) is 78.7 Å². The first-order valence-electron chi connectivity index (χ1n) is 13.8. The molecule has 41 heavy (non-hydrogen) atoms. The van der Waals surface area contributed by atoms with Gasteiger partial charge in [-0.1, -0.05) is 46.1 Å². The fraction of sp³-hybridized carbons (Fsp3) is 0.548. The van der Waals surface area contributed by atoms with Crippen LogP contribution in [0.15, 0.2) is 59.9 Å². The fourth-order valence-electron chi connectivity index (χ4n) is 4.20. The molecule has 1 unspecified atom stereocenters. The smallest absolute Gasteiger partial charge is 0.422 e. The third-order valence-electron chi connectivity index (χ3n) is 6.46.